The third kappa shape index (κ3) is 2.15. The number of alkyl halides is 1. The molecule has 1 unspecified atom stereocenters. The van der Waals surface area contributed by atoms with Gasteiger partial charge >= 0.3 is 5.97 Å². The second-order valence-electron chi connectivity index (χ2n) is 3.22. The van der Waals surface area contributed by atoms with Crippen LogP contribution in [0, 0.1) is 0 Å². The van der Waals surface area contributed by atoms with E-state index in [1.807, 2.05) is 37.3 Å². The Morgan fingerprint density at radius 2 is 2.00 bits per heavy atom. The third-order valence-corrected chi connectivity index (χ3v) is 3.36. The van der Waals surface area contributed by atoms with Crippen LogP contribution >= 0.6 is 15.9 Å². The van der Waals surface area contributed by atoms with Crippen LogP contribution in [0.5, 0.6) is 0 Å². The number of carbonyl (C=O) groups is 1. The molecular weight excluding hydrogens is 244 g/mol. The lowest BCUT2D eigenvalue weighted by molar-refractivity contribution is -0.140. The van der Waals surface area contributed by atoms with Crippen LogP contribution in [0.3, 0.4) is 0 Å². The summed E-state index contributed by atoms with van der Waals surface area (Å²) in [5, 5.41) is 9.17. The standard InChI is InChI=1S/C11H13BrO2/c1-2-8-11(12,10(13)14)9-6-4-3-5-7-9/h3-7H,2,8H2,1H3,(H,13,14). The lowest BCUT2D eigenvalue weighted by atomic mass is 9.94. The highest BCUT2D eigenvalue weighted by Crippen LogP contribution is 2.36. The summed E-state index contributed by atoms with van der Waals surface area (Å²) in [6, 6.07) is 9.25. The van der Waals surface area contributed by atoms with Gasteiger partial charge in [-0.3, -0.25) is 4.79 Å². The van der Waals surface area contributed by atoms with E-state index in [0.717, 1.165) is 12.0 Å². The van der Waals surface area contributed by atoms with Gasteiger partial charge in [-0.25, -0.2) is 0 Å². The highest BCUT2D eigenvalue weighted by atomic mass is 79.9. The number of rotatable bonds is 4. The van der Waals surface area contributed by atoms with Crippen molar-refractivity contribution >= 4 is 21.9 Å². The van der Waals surface area contributed by atoms with Crippen molar-refractivity contribution in [3.8, 4) is 0 Å². The minimum Gasteiger partial charge on any atom is -0.480 e. The molecule has 0 bridgehead atoms. The third-order valence-electron chi connectivity index (χ3n) is 2.16. The fourth-order valence-corrected chi connectivity index (χ4v) is 2.08. The molecule has 76 valence electrons. The molecule has 0 aliphatic heterocycles. The number of aliphatic carboxylic acids is 1. The number of hydrogen-bond acceptors (Lipinski definition) is 1. The molecule has 0 radical (unpaired) electrons. The molecule has 0 spiro atoms. The Kier molecular flexibility index (Phi) is 3.69. The van der Waals surface area contributed by atoms with Gasteiger partial charge in [0.05, 0.1) is 0 Å². The Hall–Kier alpha value is -0.830. The Morgan fingerprint density at radius 1 is 1.43 bits per heavy atom. The molecule has 0 saturated carbocycles. The van der Waals surface area contributed by atoms with E-state index in [1.54, 1.807) is 0 Å². The maximum Gasteiger partial charge on any atom is 0.324 e. The number of hydrogen-bond donors (Lipinski definition) is 1. The monoisotopic (exact) mass is 256 g/mol. The molecule has 0 aromatic heterocycles. The topological polar surface area (TPSA) is 37.3 Å². The minimum absolute atomic E-state index is 0.590. The van der Waals surface area contributed by atoms with Crippen molar-refractivity contribution in [3.63, 3.8) is 0 Å². The first-order valence-corrected chi connectivity index (χ1v) is 5.38. The van der Waals surface area contributed by atoms with Crippen LogP contribution in [0.15, 0.2) is 30.3 Å². The van der Waals surface area contributed by atoms with Crippen molar-refractivity contribution < 1.29 is 9.90 Å². The molecule has 1 aromatic rings. The van der Waals surface area contributed by atoms with Crippen molar-refractivity contribution in [1.82, 2.24) is 0 Å². The molecule has 0 aliphatic carbocycles. The van der Waals surface area contributed by atoms with Gasteiger partial charge < -0.3 is 5.11 Å². The van der Waals surface area contributed by atoms with Gasteiger partial charge in [0.1, 0.15) is 4.32 Å². The van der Waals surface area contributed by atoms with Crippen molar-refractivity contribution in [3.05, 3.63) is 35.9 Å². The lowest BCUT2D eigenvalue weighted by Crippen LogP contribution is -2.28. The van der Waals surface area contributed by atoms with Gasteiger partial charge in [0.2, 0.25) is 0 Å². The van der Waals surface area contributed by atoms with Gasteiger partial charge in [-0.15, -0.1) is 0 Å². The summed E-state index contributed by atoms with van der Waals surface area (Å²) >= 11 is 3.32. The van der Waals surface area contributed by atoms with E-state index in [4.69, 9.17) is 0 Å². The zero-order chi connectivity index (χ0) is 10.6. The van der Waals surface area contributed by atoms with Crippen LogP contribution in [-0.4, -0.2) is 11.1 Å². The van der Waals surface area contributed by atoms with Gasteiger partial charge in [0.25, 0.3) is 0 Å². The van der Waals surface area contributed by atoms with Crippen molar-refractivity contribution in [2.75, 3.05) is 0 Å². The molecule has 14 heavy (non-hydrogen) atoms. The van der Waals surface area contributed by atoms with E-state index in [2.05, 4.69) is 15.9 Å². The lowest BCUT2D eigenvalue weighted by Gasteiger charge is -2.22. The molecule has 2 nitrogen and oxygen atoms in total. The number of benzene rings is 1. The summed E-state index contributed by atoms with van der Waals surface area (Å²) in [6.07, 6.45) is 1.42. The van der Waals surface area contributed by atoms with E-state index in [-0.39, 0.29) is 0 Å². The van der Waals surface area contributed by atoms with Gasteiger partial charge in [-0.1, -0.05) is 59.6 Å². The molecule has 1 N–H and O–H groups in total. The molecule has 0 fully saturated rings. The maximum atomic E-state index is 11.2. The van der Waals surface area contributed by atoms with E-state index >= 15 is 0 Å². The molecule has 3 heteroatoms. The Bertz CT molecular complexity index is 310. The van der Waals surface area contributed by atoms with Gasteiger partial charge in [0, 0.05) is 0 Å². The summed E-state index contributed by atoms with van der Waals surface area (Å²) < 4.78 is -0.928. The average Bonchev–Trinajstić information content (AvgIpc) is 2.19. The zero-order valence-electron chi connectivity index (χ0n) is 8.03. The van der Waals surface area contributed by atoms with Crippen LogP contribution in [-0.2, 0) is 9.12 Å². The molecule has 0 heterocycles. The second kappa shape index (κ2) is 4.60. The average molecular weight is 257 g/mol. The van der Waals surface area contributed by atoms with Crippen molar-refractivity contribution in [1.29, 1.82) is 0 Å². The Morgan fingerprint density at radius 3 is 2.43 bits per heavy atom. The van der Waals surface area contributed by atoms with E-state index in [0.29, 0.717) is 6.42 Å². The zero-order valence-corrected chi connectivity index (χ0v) is 9.62. The normalized spacial score (nSPS) is 14.7. The highest BCUT2D eigenvalue weighted by Gasteiger charge is 2.36. The Labute approximate surface area is 92.1 Å². The van der Waals surface area contributed by atoms with E-state index in [9.17, 15) is 9.90 Å². The SMILES string of the molecule is CCCC(Br)(C(=O)O)c1ccccc1. The number of carboxylic acid groups (broad SMARTS) is 1. The first-order chi connectivity index (χ1) is 6.61. The predicted molar refractivity (Wildman–Crippen MR) is 59.6 cm³/mol. The van der Waals surface area contributed by atoms with E-state index < -0.39 is 10.3 Å². The minimum atomic E-state index is -0.928. The Balaban J connectivity index is 3.06. The maximum absolute atomic E-state index is 11.2. The van der Waals surface area contributed by atoms with Crippen LogP contribution in [0.1, 0.15) is 25.3 Å². The summed E-state index contributed by atoms with van der Waals surface area (Å²) in [6.45, 7) is 1.97. The largest absolute Gasteiger partial charge is 0.480 e. The van der Waals surface area contributed by atoms with Crippen LogP contribution < -0.4 is 0 Å². The van der Waals surface area contributed by atoms with E-state index in [1.165, 1.54) is 0 Å². The van der Waals surface area contributed by atoms with Crippen molar-refractivity contribution in [2.45, 2.75) is 24.1 Å². The molecule has 0 saturated heterocycles. The first-order valence-electron chi connectivity index (χ1n) is 4.59. The smallest absolute Gasteiger partial charge is 0.324 e. The molecule has 0 aliphatic rings. The van der Waals surface area contributed by atoms with Gasteiger partial charge in [0.15, 0.2) is 0 Å². The molecule has 1 rings (SSSR count). The fourth-order valence-electron chi connectivity index (χ4n) is 1.42. The quantitative estimate of drug-likeness (QED) is 0.841. The van der Waals surface area contributed by atoms with Gasteiger partial charge in [-0.05, 0) is 12.0 Å². The van der Waals surface area contributed by atoms with Crippen LogP contribution in [0.4, 0.5) is 0 Å². The number of halogens is 1. The molecule has 1 aromatic carbocycles. The first kappa shape index (κ1) is 11.2. The van der Waals surface area contributed by atoms with Crippen LogP contribution in [0.2, 0.25) is 0 Å². The summed E-state index contributed by atoms with van der Waals surface area (Å²) in [5.41, 5.74) is 0.800. The fraction of sp³-hybridized carbons (Fsp3) is 0.364. The van der Waals surface area contributed by atoms with Crippen molar-refractivity contribution in [2.24, 2.45) is 0 Å². The summed E-state index contributed by atoms with van der Waals surface area (Å²) in [4.78, 5) is 11.2. The van der Waals surface area contributed by atoms with Crippen LogP contribution in [0.25, 0.3) is 0 Å². The molecule has 1 atom stereocenters. The highest BCUT2D eigenvalue weighted by molar-refractivity contribution is 9.10. The molecule has 0 amide bonds. The van der Waals surface area contributed by atoms with Gasteiger partial charge in [-0.2, -0.15) is 0 Å². The summed E-state index contributed by atoms with van der Waals surface area (Å²) in [7, 11) is 0. The number of carboxylic acids is 1. The predicted octanol–water partition coefficient (Wildman–Crippen LogP) is 3.16. The molecular formula is C11H13BrO2. The summed E-state index contributed by atoms with van der Waals surface area (Å²) in [5.74, 6) is -0.828. The second-order valence-corrected chi connectivity index (χ2v) is 4.58.